The quantitative estimate of drug-likeness (QED) is 0.523. The second-order valence-electron chi connectivity index (χ2n) is 2.64. The van der Waals surface area contributed by atoms with Gasteiger partial charge in [0.1, 0.15) is 0 Å². The fraction of sp³-hybridized carbons (Fsp3) is 0.692. The zero-order valence-corrected chi connectivity index (χ0v) is 11.9. The lowest BCUT2D eigenvalue weighted by Gasteiger charge is -2.27. The second kappa shape index (κ2) is 14.8. The molecule has 0 radical (unpaired) electrons. The number of nitrogens with zero attached hydrogens (tertiary/aromatic N) is 3. The van der Waals surface area contributed by atoms with E-state index < -0.39 is 0 Å². The summed E-state index contributed by atoms with van der Waals surface area (Å²) >= 11 is 0. The van der Waals surface area contributed by atoms with Crippen LogP contribution >= 0.6 is 0 Å². The zero-order chi connectivity index (χ0) is 13.5. The second-order valence-corrected chi connectivity index (χ2v) is 2.64. The summed E-state index contributed by atoms with van der Waals surface area (Å²) in [7, 11) is 1.74. The van der Waals surface area contributed by atoms with E-state index in [1.807, 2.05) is 27.7 Å². The molecule has 0 aromatic heterocycles. The molecule has 100 valence electrons. The summed E-state index contributed by atoms with van der Waals surface area (Å²) in [6, 6.07) is 0. The van der Waals surface area contributed by atoms with Crippen LogP contribution in [0.15, 0.2) is 22.6 Å². The monoisotopic (exact) mass is 241 g/mol. The first kappa shape index (κ1) is 18.2. The van der Waals surface area contributed by atoms with Crippen LogP contribution in [-0.4, -0.2) is 50.4 Å². The molecule has 0 aliphatic carbocycles. The molecule has 1 fully saturated rings. The minimum atomic E-state index is 0.753. The Morgan fingerprint density at radius 3 is 2.12 bits per heavy atom. The van der Waals surface area contributed by atoms with Crippen molar-refractivity contribution in [3.8, 4) is 0 Å². The van der Waals surface area contributed by atoms with Crippen LogP contribution in [0.1, 0.15) is 27.7 Å². The van der Waals surface area contributed by atoms with Gasteiger partial charge in [0.25, 0.3) is 0 Å². The standard InChI is InChI=1S/C9H15N3O.2C2H6/c1-3-4-11-9(10-2)12-5-7-13-8-6-12;2*1-2/h3-4H,1,5-8H2,2H3;2*1-2H3/b10-9?,11-4-;;. The van der Waals surface area contributed by atoms with Crippen molar-refractivity contribution in [1.29, 1.82) is 0 Å². The molecule has 4 nitrogen and oxygen atoms in total. The maximum Gasteiger partial charge on any atom is 0.220 e. The Morgan fingerprint density at radius 2 is 1.71 bits per heavy atom. The largest absolute Gasteiger partial charge is 0.378 e. The van der Waals surface area contributed by atoms with Gasteiger partial charge < -0.3 is 9.64 Å². The highest BCUT2D eigenvalue weighted by Crippen LogP contribution is 1.99. The maximum absolute atomic E-state index is 5.23. The summed E-state index contributed by atoms with van der Waals surface area (Å²) in [6.45, 7) is 14.8. The Morgan fingerprint density at radius 1 is 1.18 bits per heavy atom. The highest BCUT2D eigenvalue weighted by Gasteiger charge is 2.12. The van der Waals surface area contributed by atoms with E-state index in [9.17, 15) is 0 Å². The average molecular weight is 241 g/mol. The number of rotatable bonds is 1. The molecule has 0 bridgehead atoms. The lowest BCUT2D eigenvalue weighted by atomic mass is 10.4. The third kappa shape index (κ3) is 8.63. The SMILES string of the molecule is C=C/C=N\C(=NC)N1CCOCC1.CC.CC. The van der Waals surface area contributed by atoms with Crippen molar-refractivity contribution < 1.29 is 4.74 Å². The average Bonchev–Trinajstić information content (AvgIpc) is 2.45. The van der Waals surface area contributed by atoms with E-state index in [1.165, 1.54) is 0 Å². The minimum absolute atomic E-state index is 0.753. The molecule has 0 atom stereocenters. The van der Waals surface area contributed by atoms with Crippen molar-refractivity contribution in [3.05, 3.63) is 12.7 Å². The zero-order valence-electron chi connectivity index (χ0n) is 11.9. The molecule has 1 heterocycles. The van der Waals surface area contributed by atoms with Gasteiger partial charge in [-0.25, -0.2) is 4.99 Å². The van der Waals surface area contributed by atoms with Gasteiger partial charge in [-0.15, -0.1) is 0 Å². The number of morpholine rings is 1. The van der Waals surface area contributed by atoms with E-state index in [2.05, 4.69) is 21.5 Å². The van der Waals surface area contributed by atoms with E-state index in [0.29, 0.717) is 0 Å². The van der Waals surface area contributed by atoms with Gasteiger partial charge in [0.15, 0.2) is 0 Å². The molecule has 1 aliphatic rings. The van der Waals surface area contributed by atoms with Crippen LogP contribution in [0.25, 0.3) is 0 Å². The van der Waals surface area contributed by atoms with Crippen LogP contribution in [0, 0.1) is 0 Å². The Balaban J connectivity index is 0. The van der Waals surface area contributed by atoms with Crippen LogP contribution < -0.4 is 0 Å². The fourth-order valence-electron chi connectivity index (χ4n) is 1.16. The van der Waals surface area contributed by atoms with E-state index in [1.54, 1.807) is 19.3 Å². The van der Waals surface area contributed by atoms with E-state index >= 15 is 0 Å². The number of hydrogen-bond donors (Lipinski definition) is 0. The third-order valence-corrected chi connectivity index (χ3v) is 1.79. The molecule has 1 rings (SSSR count). The summed E-state index contributed by atoms with van der Waals surface area (Å²) in [6.07, 6.45) is 3.30. The fourth-order valence-corrected chi connectivity index (χ4v) is 1.16. The van der Waals surface area contributed by atoms with Gasteiger partial charge in [0.05, 0.1) is 13.2 Å². The van der Waals surface area contributed by atoms with Crippen molar-refractivity contribution in [1.82, 2.24) is 4.90 Å². The van der Waals surface area contributed by atoms with Gasteiger partial charge >= 0.3 is 0 Å². The van der Waals surface area contributed by atoms with E-state index in [0.717, 1.165) is 32.3 Å². The van der Waals surface area contributed by atoms with E-state index in [-0.39, 0.29) is 0 Å². The third-order valence-electron chi connectivity index (χ3n) is 1.79. The minimum Gasteiger partial charge on any atom is -0.378 e. The van der Waals surface area contributed by atoms with Gasteiger partial charge in [0.2, 0.25) is 5.96 Å². The Labute approximate surface area is 106 Å². The van der Waals surface area contributed by atoms with Gasteiger partial charge in [-0.05, 0) is 0 Å². The molecule has 1 saturated heterocycles. The predicted molar refractivity (Wildman–Crippen MR) is 77.1 cm³/mol. The number of hydrogen-bond acceptors (Lipinski definition) is 2. The van der Waals surface area contributed by atoms with Crippen LogP contribution in [0.3, 0.4) is 0 Å². The van der Waals surface area contributed by atoms with Gasteiger partial charge in [-0.3, -0.25) is 4.99 Å². The molecule has 0 saturated carbocycles. The normalized spacial score (nSPS) is 15.6. The van der Waals surface area contributed by atoms with Crippen molar-refractivity contribution in [2.45, 2.75) is 27.7 Å². The van der Waals surface area contributed by atoms with Crippen molar-refractivity contribution in [2.75, 3.05) is 33.4 Å². The summed E-state index contributed by atoms with van der Waals surface area (Å²) < 4.78 is 5.23. The Bertz CT molecular complexity index is 219. The van der Waals surface area contributed by atoms with Gasteiger partial charge in [-0.2, -0.15) is 0 Å². The van der Waals surface area contributed by atoms with Crippen LogP contribution in [0.2, 0.25) is 0 Å². The Hall–Kier alpha value is -1.16. The molecular formula is C13H27N3O. The molecule has 0 aromatic carbocycles. The molecule has 0 spiro atoms. The summed E-state index contributed by atoms with van der Waals surface area (Å²) in [5, 5.41) is 0. The molecular weight excluding hydrogens is 214 g/mol. The molecule has 0 amide bonds. The Kier molecular flexibility index (Phi) is 15.9. The first-order valence-corrected chi connectivity index (χ1v) is 6.33. The molecule has 1 aliphatic heterocycles. The molecule has 0 N–H and O–H groups in total. The van der Waals surface area contributed by atoms with Gasteiger partial charge in [-0.1, -0.05) is 40.3 Å². The maximum atomic E-state index is 5.23. The molecule has 4 heteroatoms. The van der Waals surface area contributed by atoms with Crippen molar-refractivity contribution >= 4 is 12.2 Å². The smallest absolute Gasteiger partial charge is 0.220 e. The predicted octanol–water partition coefficient (Wildman–Crippen LogP) is 2.61. The van der Waals surface area contributed by atoms with Crippen LogP contribution in [0.4, 0.5) is 0 Å². The van der Waals surface area contributed by atoms with Crippen LogP contribution in [-0.2, 0) is 4.74 Å². The summed E-state index contributed by atoms with van der Waals surface area (Å²) in [4.78, 5) is 10.4. The number of aliphatic imine (C=N–C) groups is 2. The highest BCUT2D eigenvalue weighted by molar-refractivity contribution is 5.90. The van der Waals surface area contributed by atoms with E-state index in [4.69, 9.17) is 4.74 Å². The van der Waals surface area contributed by atoms with Crippen LogP contribution in [0.5, 0.6) is 0 Å². The molecule has 17 heavy (non-hydrogen) atoms. The topological polar surface area (TPSA) is 37.2 Å². The highest BCUT2D eigenvalue weighted by atomic mass is 16.5. The summed E-state index contributed by atoms with van der Waals surface area (Å²) in [5.74, 6) is 0.753. The first-order valence-electron chi connectivity index (χ1n) is 6.33. The lowest BCUT2D eigenvalue weighted by Crippen LogP contribution is -2.40. The molecule has 0 aromatic rings. The lowest BCUT2D eigenvalue weighted by molar-refractivity contribution is 0.0676. The molecule has 0 unspecified atom stereocenters. The first-order chi connectivity index (χ1) is 8.38. The summed E-state index contributed by atoms with van der Waals surface area (Å²) in [5.41, 5.74) is 0. The number of ether oxygens (including phenoxy) is 1. The van der Waals surface area contributed by atoms with Gasteiger partial charge in [0, 0.05) is 26.4 Å². The van der Waals surface area contributed by atoms with Crippen molar-refractivity contribution in [3.63, 3.8) is 0 Å². The van der Waals surface area contributed by atoms with Crippen molar-refractivity contribution in [2.24, 2.45) is 9.98 Å². The number of allylic oxidation sites excluding steroid dienone is 1. The number of guanidine groups is 1.